The number of non-ortho nitro benzene ring substituents is 1. The molecular formula is C21H24N4O3. The largest absolute Gasteiger partial charge is 0.493 e. The van der Waals surface area contributed by atoms with Gasteiger partial charge in [0.25, 0.3) is 5.69 Å². The molecule has 1 unspecified atom stereocenters. The number of fused-ring (bicyclic) bond motifs is 1. The van der Waals surface area contributed by atoms with Gasteiger partial charge in [-0.05, 0) is 18.6 Å². The summed E-state index contributed by atoms with van der Waals surface area (Å²) in [7, 11) is 0. The summed E-state index contributed by atoms with van der Waals surface area (Å²) in [6.07, 6.45) is 0.836. The fourth-order valence-corrected chi connectivity index (χ4v) is 2.94. The van der Waals surface area contributed by atoms with Gasteiger partial charge in [-0.15, -0.1) is 0 Å². The van der Waals surface area contributed by atoms with Crippen LogP contribution in [0.25, 0.3) is 0 Å². The molecule has 0 saturated carbocycles. The molecule has 1 heterocycles. The van der Waals surface area contributed by atoms with Gasteiger partial charge in [0, 0.05) is 30.7 Å². The molecule has 0 saturated heterocycles. The first-order valence-corrected chi connectivity index (χ1v) is 9.17. The van der Waals surface area contributed by atoms with Crippen LogP contribution in [0.1, 0.15) is 30.5 Å². The third-order valence-corrected chi connectivity index (χ3v) is 4.39. The number of benzene rings is 2. The summed E-state index contributed by atoms with van der Waals surface area (Å²) in [6.45, 7) is 7.54. The summed E-state index contributed by atoms with van der Waals surface area (Å²) in [6, 6.07) is 14.5. The molecule has 0 amide bonds. The van der Waals surface area contributed by atoms with Gasteiger partial charge in [-0.1, -0.05) is 42.5 Å². The predicted octanol–water partition coefficient (Wildman–Crippen LogP) is 3.73. The number of aliphatic imine (C=N–C) groups is 1. The molecule has 146 valence electrons. The van der Waals surface area contributed by atoms with Gasteiger partial charge in [-0.25, -0.2) is 4.99 Å². The van der Waals surface area contributed by atoms with Crippen molar-refractivity contribution in [3.63, 3.8) is 0 Å². The highest BCUT2D eigenvalue weighted by Crippen LogP contribution is 2.31. The van der Waals surface area contributed by atoms with Gasteiger partial charge >= 0.3 is 0 Å². The van der Waals surface area contributed by atoms with Crippen LogP contribution in [0, 0.1) is 10.1 Å². The van der Waals surface area contributed by atoms with Gasteiger partial charge in [0.05, 0.1) is 24.1 Å². The summed E-state index contributed by atoms with van der Waals surface area (Å²) >= 11 is 0. The van der Waals surface area contributed by atoms with Crippen molar-refractivity contribution in [1.29, 1.82) is 0 Å². The van der Waals surface area contributed by atoms with Crippen molar-refractivity contribution in [2.75, 3.05) is 13.2 Å². The summed E-state index contributed by atoms with van der Waals surface area (Å²) < 4.78 is 5.72. The summed E-state index contributed by atoms with van der Waals surface area (Å²) in [4.78, 5) is 15.0. The fraction of sp³-hybridized carbons (Fsp3) is 0.286. The van der Waals surface area contributed by atoms with Gasteiger partial charge in [0.15, 0.2) is 5.96 Å². The molecule has 7 heteroatoms. The van der Waals surface area contributed by atoms with Crippen molar-refractivity contribution in [3.8, 4) is 5.75 Å². The monoisotopic (exact) mass is 380 g/mol. The highest BCUT2D eigenvalue weighted by Gasteiger charge is 2.21. The quantitative estimate of drug-likeness (QED) is 0.262. The Hall–Kier alpha value is -3.35. The topological polar surface area (TPSA) is 88.8 Å². The van der Waals surface area contributed by atoms with E-state index >= 15 is 0 Å². The Morgan fingerprint density at radius 1 is 1.29 bits per heavy atom. The number of nitro benzene ring substituents is 1. The van der Waals surface area contributed by atoms with Crippen LogP contribution in [0.5, 0.6) is 5.75 Å². The Morgan fingerprint density at radius 2 is 2.04 bits per heavy atom. The Balaban J connectivity index is 1.74. The summed E-state index contributed by atoms with van der Waals surface area (Å²) in [5, 5.41) is 17.6. The maximum Gasteiger partial charge on any atom is 0.269 e. The number of nitrogens with zero attached hydrogens (tertiary/aromatic N) is 2. The van der Waals surface area contributed by atoms with Crippen LogP contribution in [-0.4, -0.2) is 24.0 Å². The Morgan fingerprint density at radius 3 is 2.75 bits per heavy atom. The molecule has 2 aromatic carbocycles. The van der Waals surface area contributed by atoms with Crippen molar-refractivity contribution >= 4 is 11.6 Å². The van der Waals surface area contributed by atoms with Gasteiger partial charge in [0.1, 0.15) is 5.75 Å². The zero-order valence-electron chi connectivity index (χ0n) is 15.9. The van der Waals surface area contributed by atoms with Gasteiger partial charge < -0.3 is 15.4 Å². The lowest BCUT2D eigenvalue weighted by atomic mass is 10.0. The first kappa shape index (κ1) is 19.4. The second kappa shape index (κ2) is 9.03. The fourth-order valence-electron chi connectivity index (χ4n) is 2.94. The maximum absolute atomic E-state index is 10.8. The molecule has 0 bridgehead atoms. The standard InChI is InChI=1S/C21H24N4O3/c1-15(2)13-22-21(23-14-16-7-9-17(10-8-16)25(26)27)24-19-11-12-28-20-6-4-3-5-18(19)20/h3-10,19H,1,11-14H2,2H3,(H2,22,23,24). The van der Waals surface area contributed by atoms with E-state index in [2.05, 4.69) is 28.3 Å². The van der Waals surface area contributed by atoms with E-state index in [-0.39, 0.29) is 11.7 Å². The van der Waals surface area contributed by atoms with Crippen molar-refractivity contribution in [2.45, 2.75) is 25.9 Å². The molecule has 0 aromatic heterocycles. The van der Waals surface area contributed by atoms with Crippen LogP contribution in [0.3, 0.4) is 0 Å². The number of guanidine groups is 1. The number of hydrogen-bond acceptors (Lipinski definition) is 4. The predicted molar refractivity (Wildman–Crippen MR) is 109 cm³/mol. The third-order valence-electron chi connectivity index (χ3n) is 4.39. The molecule has 28 heavy (non-hydrogen) atoms. The van der Waals surface area contributed by atoms with Gasteiger partial charge in [0.2, 0.25) is 0 Å². The Labute approximate surface area is 164 Å². The van der Waals surface area contributed by atoms with E-state index < -0.39 is 4.92 Å². The Kier molecular flexibility index (Phi) is 6.26. The second-order valence-corrected chi connectivity index (χ2v) is 6.77. The number of nitrogens with one attached hydrogen (secondary N) is 2. The van der Waals surface area contributed by atoms with E-state index in [1.165, 1.54) is 12.1 Å². The van der Waals surface area contributed by atoms with E-state index in [0.717, 1.165) is 28.9 Å². The van der Waals surface area contributed by atoms with Gasteiger partial charge in [-0.3, -0.25) is 10.1 Å². The SMILES string of the molecule is C=C(C)CNC(=NCc1ccc([N+](=O)[O-])cc1)NC1CCOc2ccccc21. The van der Waals surface area contributed by atoms with Crippen molar-refractivity contribution in [2.24, 2.45) is 4.99 Å². The highest BCUT2D eigenvalue weighted by atomic mass is 16.6. The Bertz CT molecular complexity index is 877. The maximum atomic E-state index is 10.8. The van der Waals surface area contributed by atoms with E-state index in [0.29, 0.717) is 25.7 Å². The van der Waals surface area contributed by atoms with E-state index in [4.69, 9.17) is 4.74 Å². The number of ether oxygens (including phenoxy) is 1. The van der Waals surface area contributed by atoms with Crippen LogP contribution in [0.15, 0.2) is 65.7 Å². The van der Waals surface area contributed by atoms with Crippen molar-refractivity contribution < 1.29 is 9.66 Å². The molecular weight excluding hydrogens is 356 g/mol. The number of rotatable bonds is 6. The number of para-hydroxylation sites is 1. The molecule has 7 nitrogen and oxygen atoms in total. The summed E-state index contributed by atoms with van der Waals surface area (Å²) in [5.74, 6) is 1.56. The molecule has 2 N–H and O–H groups in total. The van der Waals surface area contributed by atoms with Crippen LogP contribution in [0.2, 0.25) is 0 Å². The minimum Gasteiger partial charge on any atom is -0.493 e. The molecule has 0 radical (unpaired) electrons. The molecule has 1 aliphatic heterocycles. The van der Waals surface area contributed by atoms with Crippen LogP contribution >= 0.6 is 0 Å². The molecule has 3 rings (SSSR count). The zero-order chi connectivity index (χ0) is 19.9. The third kappa shape index (κ3) is 5.09. The van der Waals surface area contributed by atoms with E-state index in [1.54, 1.807) is 12.1 Å². The van der Waals surface area contributed by atoms with Crippen molar-refractivity contribution in [1.82, 2.24) is 10.6 Å². The average Bonchev–Trinajstić information content (AvgIpc) is 2.70. The molecule has 0 fully saturated rings. The van der Waals surface area contributed by atoms with Crippen LogP contribution < -0.4 is 15.4 Å². The normalized spacial score (nSPS) is 15.9. The second-order valence-electron chi connectivity index (χ2n) is 6.77. The lowest BCUT2D eigenvalue weighted by Crippen LogP contribution is -2.41. The van der Waals surface area contributed by atoms with Crippen LogP contribution in [-0.2, 0) is 6.54 Å². The lowest BCUT2D eigenvalue weighted by Gasteiger charge is -2.28. The molecule has 1 atom stereocenters. The van der Waals surface area contributed by atoms with E-state index in [9.17, 15) is 10.1 Å². The number of hydrogen-bond donors (Lipinski definition) is 2. The van der Waals surface area contributed by atoms with Crippen LogP contribution in [0.4, 0.5) is 5.69 Å². The summed E-state index contributed by atoms with van der Waals surface area (Å²) in [5.41, 5.74) is 3.07. The zero-order valence-corrected chi connectivity index (χ0v) is 15.9. The van der Waals surface area contributed by atoms with E-state index in [1.807, 2.05) is 25.1 Å². The van der Waals surface area contributed by atoms with Crippen molar-refractivity contribution in [3.05, 3.63) is 81.9 Å². The highest BCUT2D eigenvalue weighted by molar-refractivity contribution is 5.80. The number of nitro groups is 1. The molecule has 0 spiro atoms. The molecule has 2 aromatic rings. The molecule has 0 aliphatic carbocycles. The minimum absolute atomic E-state index is 0.0743. The van der Waals surface area contributed by atoms with Gasteiger partial charge in [-0.2, -0.15) is 0 Å². The first-order valence-electron chi connectivity index (χ1n) is 9.17. The average molecular weight is 380 g/mol. The first-order chi connectivity index (χ1) is 13.5. The minimum atomic E-state index is -0.406. The smallest absolute Gasteiger partial charge is 0.269 e. The lowest BCUT2D eigenvalue weighted by molar-refractivity contribution is -0.384. The molecule has 1 aliphatic rings.